The molecule has 1 aromatic rings. The van der Waals surface area contributed by atoms with Crippen LogP contribution in [-0.4, -0.2) is 12.6 Å². The molecule has 20 heavy (non-hydrogen) atoms. The highest BCUT2D eigenvalue weighted by Gasteiger charge is 2.21. The molecule has 102 valence electrons. The van der Waals surface area contributed by atoms with Gasteiger partial charge in [-0.25, -0.2) is 8.63 Å². The van der Waals surface area contributed by atoms with Gasteiger partial charge in [0.2, 0.25) is 0 Å². The first-order valence-corrected chi connectivity index (χ1v) is 6.14. The Hall–Kier alpha value is -2.01. The SMILES string of the molecule is OC(=CC=C1C=CC=C1)c1ccc(Cl)cc1OB(F)F. The van der Waals surface area contributed by atoms with Gasteiger partial charge in [-0.15, -0.1) is 0 Å². The predicted octanol–water partition coefficient (Wildman–Crippen LogP) is 4.59. The van der Waals surface area contributed by atoms with Crippen LogP contribution in [0.5, 0.6) is 5.75 Å². The molecule has 0 fully saturated rings. The summed E-state index contributed by atoms with van der Waals surface area (Å²) in [5.41, 5.74) is 1.04. The maximum atomic E-state index is 12.3. The summed E-state index contributed by atoms with van der Waals surface area (Å²) in [6.45, 7) is 0. The van der Waals surface area contributed by atoms with Crippen molar-refractivity contribution in [3.05, 3.63) is 70.8 Å². The van der Waals surface area contributed by atoms with E-state index in [2.05, 4.69) is 4.65 Å². The van der Waals surface area contributed by atoms with E-state index >= 15 is 0 Å². The topological polar surface area (TPSA) is 29.5 Å². The fourth-order valence-corrected chi connectivity index (χ4v) is 1.83. The Morgan fingerprint density at radius 1 is 1.25 bits per heavy atom. The van der Waals surface area contributed by atoms with E-state index in [1.165, 1.54) is 24.3 Å². The summed E-state index contributed by atoms with van der Waals surface area (Å²) in [6.07, 6.45) is 10.5. The van der Waals surface area contributed by atoms with E-state index in [-0.39, 0.29) is 22.1 Å². The second-order valence-electron chi connectivity index (χ2n) is 3.96. The molecule has 0 atom stereocenters. The molecule has 2 rings (SSSR count). The minimum atomic E-state index is -2.99. The number of halogens is 3. The lowest BCUT2D eigenvalue weighted by molar-refractivity contribution is 0.421. The zero-order valence-corrected chi connectivity index (χ0v) is 11.0. The van der Waals surface area contributed by atoms with Gasteiger partial charge in [-0.1, -0.05) is 42.0 Å². The van der Waals surface area contributed by atoms with Gasteiger partial charge in [0, 0.05) is 5.02 Å². The van der Waals surface area contributed by atoms with E-state index in [0.717, 1.165) is 5.57 Å². The molecule has 0 spiro atoms. The first-order chi connectivity index (χ1) is 9.56. The van der Waals surface area contributed by atoms with Crippen LogP contribution in [0.1, 0.15) is 5.56 Å². The Bertz CT molecular complexity index is 608. The van der Waals surface area contributed by atoms with Gasteiger partial charge in [0.25, 0.3) is 0 Å². The summed E-state index contributed by atoms with van der Waals surface area (Å²) in [6, 6.07) is 4.14. The smallest absolute Gasteiger partial charge is 0.507 e. The molecular weight excluding hydrogens is 284 g/mol. The maximum absolute atomic E-state index is 12.3. The average molecular weight is 294 g/mol. The number of hydrogen-bond donors (Lipinski definition) is 1. The van der Waals surface area contributed by atoms with Crippen molar-refractivity contribution < 1.29 is 18.4 Å². The van der Waals surface area contributed by atoms with E-state index in [1.807, 2.05) is 24.3 Å². The quantitative estimate of drug-likeness (QED) is 0.650. The largest absolute Gasteiger partial charge is 0.796 e. The van der Waals surface area contributed by atoms with Gasteiger partial charge in [-0.3, -0.25) is 0 Å². The molecule has 0 saturated heterocycles. The van der Waals surface area contributed by atoms with E-state index < -0.39 is 7.47 Å². The Kier molecular flexibility index (Phi) is 4.63. The maximum Gasteiger partial charge on any atom is 0.796 e. The molecule has 1 aromatic carbocycles. The number of hydrogen-bond acceptors (Lipinski definition) is 2. The number of benzene rings is 1. The van der Waals surface area contributed by atoms with Gasteiger partial charge in [0.15, 0.2) is 0 Å². The molecule has 0 amide bonds. The van der Waals surface area contributed by atoms with Gasteiger partial charge in [-0.2, -0.15) is 0 Å². The summed E-state index contributed by atoms with van der Waals surface area (Å²) in [7, 11) is -2.99. The van der Waals surface area contributed by atoms with E-state index in [1.54, 1.807) is 6.08 Å². The van der Waals surface area contributed by atoms with Crippen LogP contribution in [0.2, 0.25) is 5.02 Å². The van der Waals surface area contributed by atoms with Crippen LogP contribution in [-0.2, 0) is 0 Å². The number of allylic oxidation sites excluding steroid dienone is 7. The fraction of sp³-hybridized carbons (Fsp3) is 0. The van der Waals surface area contributed by atoms with Gasteiger partial charge in [0.05, 0.1) is 5.56 Å². The van der Waals surface area contributed by atoms with Crippen molar-refractivity contribution in [2.75, 3.05) is 0 Å². The van der Waals surface area contributed by atoms with Crippen LogP contribution in [0.15, 0.2) is 60.2 Å². The van der Waals surface area contributed by atoms with Crippen LogP contribution in [0.25, 0.3) is 5.76 Å². The highest BCUT2D eigenvalue weighted by molar-refractivity contribution is 6.35. The molecule has 0 aliphatic heterocycles. The first-order valence-electron chi connectivity index (χ1n) is 5.76. The summed E-state index contributed by atoms with van der Waals surface area (Å²) in [5, 5.41) is 10.2. The lowest BCUT2D eigenvalue weighted by Crippen LogP contribution is -2.09. The number of aliphatic hydroxyl groups excluding tert-OH is 1. The van der Waals surface area contributed by atoms with Crippen LogP contribution in [0.3, 0.4) is 0 Å². The standard InChI is InChI=1S/C14H10BClF2O2/c16-11-6-7-12(14(9-11)20-15(17)18)13(19)8-5-10-3-1-2-4-10/h1-9,19H. The van der Waals surface area contributed by atoms with Crippen LogP contribution in [0, 0.1) is 0 Å². The van der Waals surface area contributed by atoms with Gasteiger partial charge in [0.1, 0.15) is 11.5 Å². The molecule has 0 aromatic heterocycles. The molecule has 1 aliphatic carbocycles. The van der Waals surface area contributed by atoms with Crippen molar-refractivity contribution in [2.24, 2.45) is 0 Å². The van der Waals surface area contributed by atoms with E-state index in [4.69, 9.17) is 11.6 Å². The number of aliphatic hydroxyl groups is 1. The Morgan fingerprint density at radius 3 is 2.60 bits per heavy atom. The third-order valence-electron chi connectivity index (χ3n) is 2.56. The van der Waals surface area contributed by atoms with Crippen LogP contribution < -0.4 is 4.65 Å². The summed E-state index contributed by atoms with van der Waals surface area (Å²) in [4.78, 5) is 0. The normalized spacial score (nSPS) is 13.8. The Morgan fingerprint density at radius 2 is 1.95 bits per heavy atom. The first kappa shape index (κ1) is 14.4. The molecule has 0 bridgehead atoms. The van der Waals surface area contributed by atoms with Crippen molar-refractivity contribution in [3.8, 4) is 5.75 Å². The summed E-state index contributed by atoms with van der Waals surface area (Å²) >= 11 is 5.73. The summed E-state index contributed by atoms with van der Waals surface area (Å²) < 4.78 is 29.0. The third-order valence-corrected chi connectivity index (χ3v) is 2.79. The zero-order chi connectivity index (χ0) is 14.5. The Labute approximate surface area is 120 Å². The minimum Gasteiger partial charge on any atom is -0.507 e. The van der Waals surface area contributed by atoms with Crippen molar-refractivity contribution in [1.29, 1.82) is 0 Å². The molecular formula is C14H10BClF2O2. The lowest BCUT2D eigenvalue weighted by atomic mass is 10.1. The molecule has 0 radical (unpaired) electrons. The van der Waals surface area contributed by atoms with Gasteiger partial charge in [-0.05, 0) is 29.8 Å². The number of rotatable bonds is 4. The van der Waals surface area contributed by atoms with E-state index in [0.29, 0.717) is 0 Å². The lowest BCUT2D eigenvalue weighted by Gasteiger charge is -2.09. The van der Waals surface area contributed by atoms with Gasteiger partial charge >= 0.3 is 7.47 Å². The minimum absolute atomic E-state index is 0.150. The molecule has 0 heterocycles. The molecule has 0 saturated carbocycles. The molecule has 0 unspecified atom stereocenters. The zero-order valence-electron chi connectivity index (χ0n) is 10.3. The van der Waals surface area contributed by atoms with Crippen molar-refractivity contribution >= 4 is 24.8 Å². The van der Waals surface area contributed by atoms with Gasteiger partial charge < -0.3 is 9.76 Å². The van der Waals surface area contributed by atoms with Crippen molar-refractivity contribution in [2.45, 2.75) is 0 Å². The molecule has 1 aliphatic rings. The summed E-state index contributed by atoms with van der Waals surface area (Å²) in [5.74, 6) is -0.351. The highest BCUT2D eigenvalue weighted by atomic mass is 35.5. The highest BCUT2D eigenvalue weighted by Crippen LogP contribution is 2.29. The van der Waals surface area contributed by atoms with Crippen molar-refractivity contribution in [3.63, 3.8) is 0 Å². The average Bonchev–Trinajstić information content (AvgIpc) is 2.88. The monoisotopic (exact) mass is 294 g/mol. The molecule has 1 N–H and O–H groups in total. The van der Waals surface area contributed by atoms with Crippen molar-refractivity contribution in [1.82, 2.24) is 0 Å². The Balaban J connectivity index is 2.31. The second-order valence-corrected chi connectivity index (χ2v) is 4.39. The fourth-order valence-electron chi connectivity index (χ4n) is 1.67. The third kappa shape index (κ3) is 3.74. The van der Waals surface area contributed by atoms with Crippen LogP contribution >= 0.6 is 11.6 Å². The molecule has 2 nitrogen and oxygen atoms in total. The van der Waals surface area contributed by atoms with E-state index in [9.17, 15) is 13.7 Å². The predicted molar refractivity (Wildman–Crippen MR) is 77.0 cm³/mol. The second kappa shape index (κ2) is 6.43. The molecule has 6 heteroatoms. The van der Waals surface area contributed by atoms with Crippen LogP contribution in [0.4, 0.5) is 8.63 Å².